The van der Waals surface area contributed by atoms with E-state index in [1.807, 2.05) is 43.3 Å². The minimum absolute atomic E-state index is 0.245. The van der Waals surface area contributed by atoms with Gasteiger partial charge in [0.05, 0.1) is 0 Å². The Kier molecular flexibility index (Phi) is 5.16. The fraction of sp³-hybridized carbons (Fsp3) is 0.360. The third-order valence-electron chi connectivity index (χ3n) is 4.94. The van der Waals surface area contributed by atoms with Crippen LogP contribution in [0.15, 0.2) is 47.1 Å². The number of aromatic hydroxyl groups is 1. The second kappa shape index (κ2) is 7.18. The number of carbonyl (C=O) groups is 1. The molecule has 2 aromatic carbocycles. The van der Waals surface area contributed by atoms with E-state index in [-0.39, 0.29) is 16.5 Å². The largest absolute Gasteiger partial charge is 0.507 e. The monoisotopic (exact) mass is 391 g/mol. The van der Waals surface area contributed by atoms with Crippen molar-refractivity contribution >= 4 is 17.9 Å². The molecule has 0 unspecified atom stereocenters. The lowest BCUT2D eigenvalue weighted by Gasteiger charge is -2.27. The average Bonchev–Trinajstić information content (AvgIpc) is 2.95. The van der Waals surface area contributed by atoms with E-state index in [2.05, 4.69) is 46.5 Å². The molecular weight excluding hydrogens is 362 g/mol. The number of aryl methyl sites for hydroxylation is 1. The van der Waals surface area contributed by atoms with E-state index in [1.54, 1.807) is 6.08 Å². The molecule has 0 saturated carbocycles. The molecule has 0 aliphatic carbocycles. The molecule has 0 radical (unpaired) electrons. The zero-order chi connectivity index (χ0) is 21.6. The quantitative estimate of drug-likeness (QED) is 0.532. The van der Waals surface area contributed by atoms with Gasteiger partial charge in [0.15, 0.2) is 5.70 Å². The summed E-state index contributed by atoms with van der Waals surface area (Å²) in [6, 6.07) is 11.5. The molecule has 3 rings (SSSR count). The number of hydrogen-bond donors (Lipinski definition) is 1. The van der Waals surface area contributed by atoms with Crippen LogP contribution in [0.1, 0.15) is 69.4 Å². The molecule has 2 aromatic rings. The number of phenolic OH excluding ortho intramolecular Hbond substituents is 1. The zero-order valence-corrected chi connectivity index (χ0v) is 18.3. The molecular formula is C25H29NO3. The van der Waals surface area contributed by atoms with Crippen LogP contribution >= 0.6 is 0 Å². The van der Waals surface area contributed by atoms with Crippen LogP contribution in [0.3, 0.4) is 0 Å². The number of esters is 1. The second-order valence-corrected chi connectivity index (χ2v) is 9.67. The van der Waals surface area contributed by atoms with Gasteiger partial charge in [0.25, 0.3) is 0 Å². The van der Waals surface area contributed by atoms with Crippen LogP contribution in [-0.4, -0.2) is 17.0 Å². The predicted molar refractivity (Wildman–Crippen MR) is 117 cm³/mol. The van der Waals surface area contributed by atoms with Gasteiger partial charge < -0.3 is 9.84 Å². The van der Waals surface area contributed by atoms with E-state index in [1.165, 1.54) is 0 Å². The van der Waals surface area contributed by atoms with Gasteiger partial charge in [-0.05, 0) is 53.7 Å². The summed E-state index contributed by atoms with van der Waals surface area (Å²) in [5, 5.41) is 10.9. The van der Waals surface area contributed by atoms with Crippen molar-refractivity contribution in [3.8, 4) is 5.75 Å². The number of ether oxygens (including phenoxy) is 1. The predicted octanol–water partition coefficient (Wildman–Crippen LogP) is 5.64. The maximum Gasteiger partial charge on any atom is 0.363 e. The maximum absolute atomic E-state index is 12.4. The van der Waals surface area contributed by atoms with Gasteiger partial charge in [-0.3, -0.25) is 0 Å². The molecule has 152 valence electrons. The van der Waals surface area contributed by atoms with E-state index in [4.69, 9.17) is 4.74 Å². The number of cyclic esters (lactones) is 1. The molecule has 4 nitrogen and oxygen atoms in total. The van der Waals surface area contributed by atoms with Crippen molar-refractivity contribution in [1.82, 2.24) is 0 Å². The fourth-order valence-electron chi connectivity index (χ4n) is 3.35. The van der Waals surface area contributed by atoms with Gasteiger partial charge in [-0.2, -0.15) is 0 Å². The topological polar surface area (TPSA) is 58.9 Å². The lowest BCUT2D eigenvalue weighted by molar-refractivity contribution is -0.129. The van der Waals surface area contributed by atoms with E-state index >= 15 is 0 Å². The van der Waals surface area contributed by atoms with E-state index in [0.29, 0.717) is 11.6 Å². The molecule has 0 atom stereocenters. The summed E-state index contributed by atoms with van der Waals surface area (Å²) in [5.74, 6) is 0.158. The Morgan fingerprint density at radius 2 is 1.55 bits per heavy atom. The third-order valence-corrected chi connectivity index (χ3v) is 4.94. The van der Waals surface area contributed by atoms with Gasteiger partial charge in [0, 0.05) is 16.7 Å². The minimum atomic E-state index is -0.468. The van der Waals surface area contributed by atoms with Gasteiger partial charge in [0.1, 0.15) is 5.75 Å². The minimum Gasteiger partial charge on any atom is -0.507 e. The molecule has 0 aromatic heterocycles. The van der Waals surface area contributed by atoms with Gasteiger partial charge in [-0.1, -0.05) is 59.2 Å². The lowest BCUT2D eigenvalue weighted by atomic mass is 9.78. The number of benzene rings is 2. The summed E-state index contributed by atoms with van der Waals surface area (Å²) in [6.45, 7) is 14.3. The standard InChI is InChI=1S/C25H29NO3/c1-15-9-8-10-17(11-15)22-26-20(23(28)29-22)14-16-12-18(24(2,3)4)21(27)19(13-16)25(5,6)7/h8-14,27H,1-7H3. The summed E-state index contributed by atoms with van der Waals surface area (Å²) < 4.78 is 5.40. The number of nitrogens with zero attached hydrogens (tertiary/aromatic N) is 1. The summed E-state index contributed by atoms with van der Waals surface area (Å²) >= 11 is 0. The van der Waals surface area contributed by atoms with Gasteiger partial charge in [-0.25, -0.2) is 9.79 Å². The highest BCUT2D eigenvalue weighted by Crippen LogP contribution is 2.40. The SMILES string of the molecule is Cc1cccc(C2=NC(=Cc3cc(C(C)(C)C)c(O)c(C(C)(C)C)c3)C(=O)O2)c1. The zero-order valence-electron chi connectivity index (χ0n) is 18.3. The lowest BCUT2D eigenvalue weighted by Crippen LogP contribution is -2.17. The molecule has 29 heavy (non-hydrogen) atoms. The number of aliphatic imine (C=N–C) groups is 1. The summed E-state index contributed by atoms with van der Waals surface area (Å²) in [4.78, 5) is 16.8. The first-order valence-corrected chi connectivity index (χ1v) is 9.84. The average molecular weight is 392 g/mol. The van der Waals surface area contributed by atoms with Crippen molar-refractivity contribution in [1.29, 1.82) is 0 Å². The van der Waals surface area contributed by atoms with Crippen molar-refractivity contribution in [2.24, 2.45) is 4.99 Å². The third kappa shape index (κ3) is 4.42. The second-order valence-electron chi connectivity index (χ2n) is 9.67. The summed E-state index contributed by atoms with van der Waals surface area (Å²) in [5.41, 5.74) is 4.11. The highest BCUT2D eigenvalue weighted by atomic mass is 16.6. The van der Waals surface area contributed by atoms with Crippen LogP contribution in [-0.2, 0) is 20.4 Å². The molecule has 1 aliphatic heterocycles. The first kappa shape index (κ1) is 20.8. The number of hydrogen-bond acceptors (Lipinski definition) is 4. The Labute approximate surface area is 173 Å². The Bertz CT molecular complexity index is 996. The van der Waals surface area contributed by atoms with Crippen LogP contribution in [0.25, 0.3) is 6.08 Å². The molecule has 0 amide bonds. The smallest absolute Gasteiger partial charge is 0.363 e. The van der Waals surface area contributed by atoms with Gasteiger partial charge in [-0.15, -0.1) is 0 Å². The van der Waals surface area contributed by atoms with E-state index < -0.39 is 5.97 Å². The Morgan fingerprint density at radius 3 is 2.07 bits per heavy atom. The highest BCUT2D eigenvalue weighted by Gasteiger charge is 2.28. The number of rotatable bonds is 2. The summed E-state index contributed by atoms with van der Waals surface area (Å²) in [7, 11) is 0. The maximum atomic E-state index is 12.4. The Hall–Kier alpha value is -2.88. The molecule has 1 N–H and O–H groups in total. The normalized spacial score (nSPS) is 16.2. The molecule has 0 bridgehead atoms. The van der Waals surface area contributed by atoms with Crippen molar-refractivity contribution in [3.63, 3.8) is 0 Å². The van der Waals surface area contributed by atoms with Crippen LogP contribution < -0.4 is 0 Å². The van der Waals surface area contributed by atoms with Gasteiger partial charge in [0.2, 0.25) is 5.90 Å². The van der Waals surface area contributed by atoms with E-state index in [0.717, 1.165) is 27.8 Å². The van der Waals surface area contributed by atoms with Crippen LogP contribution in [0, 0.1) is 6.92 Å². The molecule has 0 spiro atoms. The van der Waals surface area contributed by atoms with Crippen LogP contribution in [0.5, 0.6) is 5.75 Å². The van der Waals surface area contributed by atoms with Crippen molar-refractivity contribution in [2.45, 2.75) is 59.3 Å². The van der Waals surface area contributed by atoms with E-state index in [9.17, 15) is 9.90 Å². The first-order chi connectivity index (χ1) is 13.4. The summed E-state index contributed by atoms with van der Waals surface area (Å²) in [6.07, 6.45) is 1.73. The number of phenols is 1. The highest BCUT2D eigenvalue weighted by molar-refractivity contribution is 6.12. The molecule has 1 aliphatic rings. The first-order valence-electron chi connectivity index (χ1n) is 9.84. The van der Waals surface area contributed by atoms with Crippen molar-refractivity contribution in [2.75, 3.05) is 0 Å². The molecule has 1 heterocycles. The van der Waals surface area contributed by atoms with Crippen molar-refractivity contribution < 1.29 is 14.6 Å². The molecule has 4 heteroatoms. The Balaban J connectivity index is 2.11. The van der Waals surface area contributed by atoms with Crippen LogP contribution in [0.2, 0.25) is 0 Å². The number of carbonyl (C=O) groups excluding carboxylic acids is 1. The fourth-order valence-corrected chi connectivity index (χ4v) is 3.35. The van der Waals surface area contributed by atoms with Crippen molar-refractivity contribution in [3.05, 3.63) is 69.9 Å². The molecule has 0 fully saturated rings. The van der Waals surface area contributed by atoms with Gasteiger partial charge >= 0.3 is 5.97 Å². The molecule has 0 saturated heterocycles. The van der Waals surface area contributed by atoms with Crippen LogP contribution in [0.4, 0.5) is 0 Å². The Morgan fingerprint density at radius 1 is 0.966 bits per heavy atom.